The second-order valence-corrected chi connectivity index (χ2v) is 5.29. The van der Waals surface area contributed by atoms with Crippen molar-refractivity contribution < 1.29 is 14.3 Å². The number of aryl methyl sites for hydroxylation is 1. The van der Waals surface area contributed by atoms with Crippen molar-refractivity contribution in [3.8, 4) is 5.88 Å². The highest BCUT2D eigenvalue weighted by Gasteiger charge is 2.17. The van der Waals surface area contributed by atoms with E-state index in [0.717, 1.165) is 18.6 Å². The summed E-state index contributed by atoms with van der Waals surface area (Å²) in [5, 5.41) is 6.83. The molecule has 2 aromatic heterocycles. The molecule has 0 spiro atoms. The van der Waals surface area contributed by atoms with Crippen molar-refractivity contribution in [3.63, 3.8) is 0 Å². The van der Waals surface area contributed by atoms with Crippen LogP contribution in [0.4, 0.5) is 0 Å². The number of aromatic nitrogens is 4. The molecule has 23 heavy (non-hydrogen) atoms. The molecule has 1 aliphatic rings. The Labute approximate surface area is 133 Å². The van der Waals surface area contributed by atoms with Gasteiger partial charge >= 0.3 is 0 Å². The lowest BCUT2D eigenvalue weighted by Gasteiger charge is -2.12. The molecule has 1 aliphatic heterocycles. The van der Waals surface area contributed by atoms with E-state index in [1.165, 1.54) is 6.33 Å². The van der Waals surface area contributed by atoms with E-state index in [9.17, 15) is 4.79 Å². The van der Waals surface area contributed by atoms with E-state index in [1.54, 1.807) is 17.2 Å². The SMILES string of the molecule is O=C(CCn1cncn1)NCc1ccnc(OC2CCOC2)c1. The van der Waals surface area contributed by atoms with E-state index in [4.69, 9.17) is 9.47 Å². The molecular formula is C15H19N5O3. The van der Waals surface area contributed by atoms with Crippen molar-refractivity contribution in [1.29, 1.82) is 0 Å². The highest BCUT2D eigenvalue weighted by atomic mass is 16.5. The Morgan fingerprint density at radius 1 is 1.52 bits per heavy atom. The van der Waals surface area contributed by atoms with Gasteiger partial charge in [-0.05, 0) is 11.6 Å². The van der Waals surface area contributed by atoms with Crippen LogP contribution in [-0.4, -0.2) is 45.0 Å². The normalized spacial score (nSPS) is 17.1. The van der Waals surface area contributed by atoms with Crippen LogP contribution in [-0.2, 0) is 22.6 Å². The fourth-order valence-electron chi connectivity index (χ4n) is 2.25. The molecule has 0 bridgehead atoms. The lowest BCUT2D eigenvalue weighted by molar-refractivity contribution is -0.121. The van der Waals surface area contributed by atoms with Crippen LogP contribution in [0.15, 0.2) is 31.0 Å². The second kappa shape index (κ2) is 7.68. The Balaban J connectivity index is 1.44. The Bertz CT molecular complexity index is 626. The molecule has 0 aliphatic carbocycles. The fraction of sp³-hybridized carbons (Fsp3) is 0.467. The van der Waals surface area contributed by atoms with Gasteiger partial charge in [0.1, 0.15) is 18.8 Å². The number of pyridine rings is 1. The third-order valence-electron chi connectivity index (χ3n) is 3.50. The number of carbonyl (C=O) groups is 1. The van der Waals surface area contributed by atoms with Crippen molar-refractivity contribution in [2.45, 2.75) is 32.0 Å². The van der Waals surface area contributed by atoms with Crippen molar-refractivity contribution >= 4 is 5.91 Å². The first-order chi connectivity index (χ1) is 11.3. The third-order valence-corrected chi connectivity index (χ3v) is 3.50. The zero-order valence-electron chi connectivity index (χ0n) is 12.7. The molecule has 122 valence electrons. The van der Waals surface area contributed by atoms with Gasteiger partial charge in [0, 0.05) is 31.6 Å². The minimum absolute atomic E-state index is 0.0380. The molecular weight excluding hydrogens is 298 g/mol. The number of hydrogen-bond acceptors (Lipinski definition) is 6. The van der Waals surface area contributed by atoms with Gasteiger partial charge < -0.3 is 14.8 Å². The average molecular weight is 317 g/mol. The number of ether oxygens (including phenoxy) is 2. The summed E-state index contributed by atoms with van der Waals surface area (Å²) in [5.41, 5.74) is 0.947. The van der Waals surface area contributed by atoms with E-state index in [-0.39, 0.29) is 12.0 Å². The van der Waals surface area contributed by atoms with Crippen LogP contribution in [0.3, 0.4) is 0 Å². The van der Waals surface area contributed by atoms with Crippen LogP contribution < -0.4 is 10.1 Å². The molecule has 2 aromatic rings. The molecule has 1 N–H and O–H groups in total. The third kappa shape index (κ3) is 4.75. The predicted octanol–water partition coefficient (Wildman–Crippen LogP) is 0.547. The summed E-state index contributed by atoms with van der Waals surface area (Å²) in [5.74, 6) is 0.527. The van der Waals surface area contributed by atoms with Gasteiger partial charge in [-0.3, -0.25) is 9.48 Å². The van der Waals surface area contributed by atoms with Gasteiger partial charge in [-0.2, -0.15) is 5.10 Å². The second-order valence-electron chi connectivity index (χ2n) is 5.29. The molecule has 0 aromatic carbocycles. The summed E-state index contributed by atoms with van der Waals surface area (Å²) in [6.07, 6.45) is 6.03. The first-order valence-corrected chi connectivity index (χ1v) is 7.58. The molecule has 1 amide bonds. The Morgan fingerprint density at radius 2 is 2.48 bits per heavy atom. The summed E-state index contributed by atoms with van der Waals surface area (Å²) in [6.45, 7) is 2.28. The van der Waals surface area contributed by atoms with E-state index < -0.39 is 0 Å². The van der Waals surface area contributed by atoms with Crippen LogP contribution in [0.2, 0.25) is 0 Å². The highest BCUT2D eigenvalue weighted by Crippen LogP contribution is 2.15. The highest BCUT2D eigenvalue weighted by molar-refractivity contribution is 5.75. The molecule has 3 rings (SSSR count). The minimum atomic E-state index is -0.0380. The first kappa shape index (κ1) is 15.4. The van der Waals surface area contributed by atoms with E-state index in [0.29, 0.717) is 32.0 Å². The Hall–Kier alpha value is -2.48. The molecule has 1 saturated heterocycles. The molecule has 0 radical (unpaired) electrons. The Morgan fingerprint density at radius 3 is 3.26 bits per heavy atom. The molecule has 8 heteroatoms. The van der Waals surface area contributed by atoms with Crippen molar-refractivity contribution in [3.05, 3.63) is 36.5 Å². The number of nitrogens with zero attached hydrogens (tertiary/aromatic N) is 4. The number of nitrogens with one attached hydrogen (secondary N) is 1. The largest absolute Gasteiger partial charge is 0.472 e. The number of carbonyl (C=O) groups excluding carboxylic acids is 1. The van der Waals surface area contributed by atoms with Gasteiger partial charge in [0.05, 0.1) is 19.8 Å². The van der Waals surface area contributed by atoms with E-state index >= 15 is 0 Å². The zero-order chi connectivity index (χ0) is 15.9. The monoisotopic (exact) mass is 317 g/mol. The van der Waals surface area contributed by atoms with Gasteiger partial charge in [-0.1, -0.05) is 0 Å². The first-order valence-electron chi connectivity index (χ1n) is 7.58. The average Bonchev–Trinajstić information content (AvgIpc) is 3.25. The molecule has 1 atom stereocenters. The topological polar surface area (TPSA) is 91.2 Å². The summed E-state index contributed by atoms with van der Waals surface area (Å²) in [6, 6.07) is 3.70. The zero-order valence-corrected chi connectivity index (χ0v) is 12.7. The summed E-state index contributed by atoms with van der Waals surface area (Å²) >= 11 is 0. The minimum Gasteiger partial charge on any atom is -0.472 e. The maximum Gasteiger partial charge on any atom is 0.222 e. The van der Waals surface area contributed by atoms with Gasteiger partial charge in [0.2, 0.25) is 11.8 Å². The van der Waals surface area contributed by atoms with Crippen LogP contribution in [0.5, 0.6) is 5.88 Å². The van der Waals surface area contributed by atoms with Gasteiger partial charge in [0.15, 0.2) is 0 Å². The van der Waals surface area contributed by atoms with Crippen molar-refractivity contribution in [2.75, 3.05) is 13.2 Å². The van der Waals surface area contributed by atoms with E-state index in [1.807, 2.05) is 12.1 Å². The maximum atomic E-state index is 11.8. The summed E-state index contributed by atoms with van der Waals surface area (Å²) < 4.78 is 12.7. The van der Waals surface area contributed by atoms with Gasteiger partial charge in [0.25, 0.3) is 0 Å². The van der Waals surface area contributed by atoms with Crippen LogP contribution in [0.25, 0.3) is 0 Å². The molecule has 3 heterocycles. The van der Waals surface area contributed by atoms with Crippen molar-refractivity contribution in [2.24, 2.45) is 0 Å². The summed E-state index contributed by atoms with van der Waals surface area (Å²) in [7, 11) is 0. The van der Waals surface area contributed by atoms with Crippen LogP contribution in [0, 0.1) is 0 Å². The molecule has 0 saturated carbocycles. The van der Waals surface area contributed by atoms with Gasteiger partial charge in [-0.15, -0.1) is 0 Å². The number of rotatable bonds is 7. The molecule has 8 nitrogen and oxygen atoms in total. The maximum absolute atomic E-state index is 11.8. The molecule has 1 unspecified atom stereocenters. The summed E-state index contributed by atoms with van der Waals surface area (Å²) in [4.78, 5) is 19.9. The smallest absolute Gasteiger partial charge is 0.222 e. The predicted molar refractivity (Wildman–Crippen MR) is 80.6 cm³/mol. The standard InChI is InChI=1S/C15H19N5O3/c21-14(2-5-20-11-16-10-19-20)18-8-12-1-4-17-15(7-12)23-13-3-6-22-9-13/h1,4,7,10-11,13H,2-3,5-6,8-9H2,(H,18,21). The van der Waals surface area contributed by atoms with Gasteiger partial charge in [-0.25, -0.2) is 9.97 Å². The Kier molecular flexibility index (Phi) is 5.15. The van der Waals surface area contributed by atoms with Crippen LogP contribution >= 0.6 is 0 Å². The van der Waals surface area contributed by atoms with Crippen molar-refractivity contribution in [1.82, 2.24) is 25.1 Å². The fourth-order valence-corrected chi connectivity index (χ4v) is 2.25. The number of amides is 1. The lowest BCUT2D eigenvalue weighted by atomic mass is 10.2. The quantitative estimate of drug-likeness (QED) is 0.802. The van der Waals surface area contributed by atoms with Crippen LogP contribution in [0.1, 0.15) is 18.4 Å². The van der Waals surface area contributed by atoms with E-state index in [2.05, 4.69) is 20.4 Å². The lowest BCUT2D eigenvalue weighted by Crippen LogP contribution is -2.24. The molecule has 1 fully saturated rings. The number of hydrogen-bond donors (Lipinski definition) is 1.